The van der Waals surface area contributed by atoms with Crippen molar-refractivity contribution >= 4 is 17.3 Å². The molecular formula is C16H20OS. The van der Waals surface area contributed by atoms with Crippen molar-refractivity contribution in [2.24, 2.45) is 11.3 Å². The molecule has 1 aliphatic carbocycles. The van der Waals surface area contributed by atoms with E-state index in [0.717, 1.165) is 18.6 Å². The van der Waals surface area contributed by atoms with Crippen LogP contribution in [0.1, 0.15) is 33.6 Å². The average Bonchev–Trinajstić information content (AvgIpc) is 2.28. The molecule has 0 spiro atoms. The molecule has 1 nitrogen and oxygen atoms in total. The van der Waals surface area contributed by atoms with E-state index in [9.17, 15) is 0 Å². The molecule has 0 saturated heterocycles. The molecule has 0 heterocycles. The molecule has 96 valence electrons. The highest BCUT2D eigenvalue weighted by molar-refractivity contribution is 7.80. The highest BCUT2D eigenvalue weighted by Crippen LogP contribution is 2.42. The molecule has 0 fully saturated rings. The number of hydrogen-bond donors (Lipinski definition) is 0. The summed E-state index contributed by atoms with van der Waals surface area (Å²) >= 11 is 5.52. The van der Waals surface area contributed by atoms with Gasteiger partial charge in [-0.1, -0.05) is 43.7 Å². The van der Waals surface area contributed by atoms with E-state index in [-0.39, 0.29) is 11.3 Å². The van der Waals surface area contributed by atoms with Crippen molar-refractivity contribution in [1.82, 2.24) is 0 Å². The van der Waals surface area contributed by atoms with Gasteiger partial charge in [0.1, 0.15) is 5.75 Å². The quantitative estimate of drug-likeness (QED) is 0.559. The van der Waals surface area contributed by atoms with Gasteiger partial charge in [-0.2, -0.15) is 0 Å². The zero-order chi connectivity index (χ0) is 13.2. The predicted molar refractivity (Wildman–Crippen MR) is 79.9 cm³/mol. The molecule has 2 heteroatoms. The summed E-state index contributed by atoms with van der Waals surface area (Å²) in [6, 6.07) is 9.80. The van der Waals surface area contributed by atoms with Gasteiger partial charge < -0.3 is 4.74 Å². The van der Waals surface area contributed by atoms with Crippen molar-refractivity contribution in [3.63, 3.8) is 0 Å². The monoisotopic (exact) mass is 260 g/mol. The first kappa shape index (κ1) is 13.3. The molecule has 0 bridgehead atoms. The molecule has 18 heavy (non-hydrogen) atoms. The van der Waals surface area contributed by atoms with Crippen LogP contribution >= 0.6 is 12.2 Å². The molecule has 1 aliphatic rings. The Morgan fingerprint density at radius 1 is 1.28 bits per heavy atom. The fourth-order valence-corrected chi connectivity index (χ4v) is 3.32. The maximum Gasteiger partial charge on any atom is 0.174 e. The van der Waals surface area contributed by atoms with Crippen LogP contribution < -0.4 is 4.74 Å². The molecule has 0 aliphatic heterocycles. The van der Waals surface area contributed by atoms with E-state index in [0.29, 0.717) is 5.05 Å². The number of rotatable bonds is 2. The average molecular weight is 260 g/mol. The van der Waals surface area contributed by atoms with Gasteiger partial charge >= 0.3 is 0 Å². The molecular weight excluding hydrogens is 240 g/mol. The lowest BCUT2D eigenvalue weighted by Crippen LogP contribution is -2.35. The molecule has 0 radical (unpaired) electrons. The van der Waals surface area contributed by atoms with E-state index < -0.39 is 0 Å². The Labute approximate surface area is 115 Å². The van der Waals surface area contributed by atoms with Gasteiger partial charge in [-0.15, -0.1) is 0 Å². The second-order valence-electron chi connectivity index (χ2n) is 5.64. The van der Waals surface area contributed by atoms with E-state index in [1.165, 1.54) is 5.57 Å². The Kier molecular flexibility index (Phi) is 3.86. The first-order chi connectivity index (χ1) is 8.50. The van der Waals surface area contributed by atoms with Crippen LogP contribution in [0.4, 0.5) is 0 Å². The van der Waals surface area contributed by atoms with Gasteiger partial charge in [0.15, 0.2) is 5.05 Å². The van der Waals surface area contributed by atoms with Crippen molar-refractivity contribution in [2.45, 2.75) is 33.6 Å². The fraction of sp³-hybridized carbons (Fsp3) is 0.438. The molecule has 1 aromatic carbocycles. The maximum atomic E-state index is 5.85. The van der Waals surface area contributed by atoms with Gasteiger partial charge in [-0.3, -0.25) is 0 Å². The fourth-order valence-electron chi connectivity index (χ4n) is 2.72. The van der Waals surface area contributed by atoms with Crippen molar-refractivity contribution in [2.75, 3.05) is 0 Å². The molecule has 1 aromatic rings. The lowest BCUT2D eigenvalue weighted by molar-refractivity contribution is 0.255. The molecule has 0 aromatic heterocycles. The Balaban J connectivity index is 2.17. The zero-order valence-electron chi connectivity index (χ0n) is 11.3. The third kappa shape index (κ3) is 2.81. The number of thiocarbonyl (C=S) groups is 1. The first-order valence-electron chi connectivity index (χ1n) is 6.44. The van der Waals surface area contributed by atoms with E-state index >= 15 is 0 Å². The van der Waals surface area contributed by atoms with Crippen LogP contribution in [-0.2, 0) is 0 Å². The van der Waals surface area contributed by atoms with Crippen molar-refractivity contribution in [3.8, 4) is 5.75 Å². The van der Waals surface area contributed by atoms with Crippen LogP contribution in [0.25, 0.3) is 0 Å². The Morgan fingerprint density at radius 3 is 2.56 bits per heavy atom. The van der Waals surface area contributed by atoms with Crippen molar-refractivity contribution in [3.05, 3.63) is 42.0 Å². The highest BCUT2D eigenvalue weighted by atomic mass is 32.1. The summed E-state index contributed by atoms with van der Waals surface area (Å²) in [5.74, 6) is 1.07. The van der Waals surface area contributed by atoms with Crippen LogP contribution in [0.15, 0.2) is 42.0 Å². The van der Waals surface area contributed by atoms with Gasteiger partial charge in [-0.25, -0.2) is 0 Å². The van der Waals surface area contributed by atoms with E-state index in [1.54, 1.807) is 0 Å². The van der Waals surface area contributed by atoms with Crippen LogP contribution in [-0.4, -0.2) is 5.05 Å². The Bertz CT molecular complexity index is 459. The van der Waals surface area contributed by atoms with Gasteiger partial charge in [-0.05, 0) is 49.5 Å². The van der Waals surface area contributed by atoms with E-state index in [1.807, 2.05) is 30.3 Å². The summed E-state index contributed by atoms with van der Waals surface area (Å²) in [5.41, 5.74) is 1.53. The lowest BCUT2D eigenvalue weighted by Gasteiger charge is -2.38. The van der Waals surface area contributed by atoms with E-state index in [4.69, 9.17) is 17.0 Å². The Morgan fingerprint density at radius 2 is 1.94 bits per heavy atom. The number of para-hydroxylation sites is 1. The molecule has 1 unspecified atom stereocenters. The number of ether oxygens (including phenoxy) is 1. The second kappa shape index (κ2) is 5.23. The Hall–Kier alpha value is -1.15. The minimum absolute atomic E-state index is 0.185. The zero-order valence-corrected chi connectivity index (χ0v) is 12.1. The third-order valence-electron chi connectivity index (χ3n) is 3.69. The first-order valence-corrected chi connectivity index (χ1v) is 6.85. The number of hydrogen-bond acceptors (Lipinski definition) is 2. The summed E-state index contributed by atoms with van der Waals surface area (Å²) in [5, 5.41) is 0.694. The van der Waals surface area contributed by atoms with E-state index in [2.05, 4.69) is 26.8 Å². The van der Waals surface area contributed by atoms with Crippen molar-refractivity contribution in [1.29, 1.82) is 0 Å². The molecule has 0 N–H and O–H groups in total. The van der Waals surface area contributed by atoms with Crippen LogP contribution in [0.5, 0.6) is 5.75 Å². The number of allylic oxidation sites excluding steroid dienone is 1. The lowest BCUT2D eigenvalue weighted by atomic mass is 9.69. The van der Waals surface area contributed by atoms with Crippen LogP contribution in [0, 0.1) is 11.3 Å². The summed E-state index contributed by atoms with van der Waals surface area (Å²) in [7, 11) is 0. The molecule has 1 atom stereocenters. The largest absolute Gasteiger partial charge is 0.450 e. The minimum atomic E-state index is 0.185. The number of benzene rings is 1. The van der Waals surface area contributed by atoms with Crippen LogP contribution in [0.3, 0.4) is 0 Å². The van der Waals surface area contributed by atoms with Crippen LogP contribution in [0.2, 0.25) is 0 Å². The van der Waals surface area contributed by atoms with Gasteiger partial charge in [0, 0.05) is 0 Å². The maximum absolute atomic E-state index is 5.85. The molecule has 0 amide bonds. The van der Waals surface area contributed by atoms with Crippen molar-refractivity contribution < 1.29 is 4.74 Å². The van der Waals surface area contributed by atoms with Gasteiger partial charge in [0.2, 0.25) is 0 Å². The standard InChI is InChI=1S/C16H20OS/c1-12-8-7-11-16(2,3)14(12)15(18)17-13-9-5-4-6-10-13/h4-6,8-10,14H,7,11H2,1-3H3. The second-order valence-corrected chi connectivity index (χ2v) is 6.04. The third-order valence-corrected chi connectivity index (χ3v) is 4.01. The van der Waals surface area contributed by atoms with Gasteiger partial charge in [0.25, 0.3) is 0 Å². The highest BCUT2D eigenvalue weighted by Gasteiger charge is 2.36. The minimum Gasteiger partial charge on any atom is -0.450 e. The normalized spacial score (nSPS) is 22.2. The smallest absolute Gasteiger partial charge is 0.174 e. The summed E-state index contributed by atoms with van der Waals surface area (Å²) < 4.78 is 5.85. The molecule has 2 rings (SSSR count). The summed E-state index contributed by atoms with van der Waals surface area (Å²) in [4.78, 5) is 0. The van der Waals surface area contributed by atoms with Gasteiger partial charge in [0.05, 0.1) is 5.92 Å². The SMILES string of the molecule is CC1=CCCC(C)(C)C1C(=S)Oc1ccccc1. The summed E-state index contributed by atoms with van der Waals surface area (Å²) in [6.45, 7) is 6.70. The topological polar surface area (TPSA) is 9.23 Å². The summed E-state index contributed by atoms with van der Waals surface area (Å²) in [6.07, 6.45) is 4.59. The molecule has 0 saturated carbocycles. The predicted octanol–water partition coefficient (Wildman–Crippen LogP) is 4.78.